The molecule has 5 nitrogen and oxygen atoms in total. The van der Waals surface area contributed by atoms with Gasteiger partial charge >= 0.3 is 5.97 Å². The minimum atomic E-state index is -0.722. The quantitative estimate of drug-likeness (QED) is 0.654. The van der Waals surface area contributed by atoms with Crippen molar-refractivity contribution in [2.24, 2.45) is 11.8 Å². The normalized spacial score (nSPS) is 19.4. The number of aliphatic hydroxyl groups is 1. The van der Waals surface area contributed by atoms with Crippen LogP contribution in [0.2, 0.25) is 0 Å². The van der Waals surface area contributed by atoms with E-state index in [9.17, 15) is 15.0 Å². The molecular weight excluding hydrogens is 256 g/mol. The summed E-state index contributed by atoms with van der Waals surface area (Å²) in [6.45, 7) is 3.66. The van der Waals surface area contributed by atoms with Crippen molar-refractivity contribution in [3.05, 3.63) is 34.9 Å². The van der Waals surface area contributed by atoms with Gasteiger partial charge in [0.2, 0.25) is 0 Å². The van der Waals surface area contributed by atoms with E-state index in [1.54, 1.807) is 0 Å². The van der Waals surface area contributed by atoms with Gasteiger partial charge in [-0.05, 0) is 49.9 Å². The van der Waals surface area contributed by atoms with Gasteiger partial charge in [0.25, 0.3) is 0 Å². The Balaban J connectivity index is 0.00000200. The Labute approximate surface area is 119 Å². The molecule has 1 heterocycles. The zero-order valence-electron chi connectivity index (χ0n) is 11.9. The maximum absolute atomic E-state index is 11.5. The van der Waals surface area contributed by atoms with Crippen LogP contribution < -0.4 is 11.5 Å². The standard InChI is InChI=1S/C15H21NO3.H3N/c1-10-4-11(6-12(5-10)9-17)7-14(15(18)19)13-2-3-16-8-13;/h4-6,13-14,16-17H,2-3,7-9H2,1H3,(H,18,19);1H3/t13-,14-;/m0./s1. The molecule has 0 spiro atoms. The Hall–Kier alpha value is -1.43. The molecule has 0 aliphatic carbocycles. The van der Waals surface area contributed by atoms with Gasteiger partial charge in [0, 0.05) is 0 Å². The summed E-state index contributed by atoms with van der Waals surface area (Å²) in [5, 5.41) is 21.9. The van der Waals surface area contributed by atoms with Crippen LogP contribution in [0.3, 0.4) is 0 Å². The van der Waals surface area contributed by atoms with Crippen molar-refractivity contribution in [1.29, 1.82) is 0 Å². The third-order valence-corrected chi connectivity index (χ3v) is 3.82. The molecule has 1 saturated heterocycles. The minimum absolute atomic E-state index is 0. The zero-order chi connectivity index (χ0) is 13.8. The lowest BCUT2D eigenvalue weighted by molar-refractivity contribution is -0.143. The third-order valence-electron chi connectivity index (χ3n) is 3.82. The molecule has 2 rings (SSSR count). The van der Waals surface area contributed by atoms with Crippen molar-refractivity contribution < 1.29 is 15.0 Å². The van der Waals surface area contributed by atoms with Gasteiger partial charge < -0.3 is 21.7 Å². The van der Waals surface area contributed by atoms with E-state index < -0.39 is 5.97 Å². The Morgan fingerprint density at radius 2 is 2.10 bits per heavy atom. The first-order valence-electron chi connectivity index (χ1n) is 6.74. The molecule has 1 aromatic rings. The number of carboxylic acid groups (broad SMARTS) is 1. The third kappa shape index (κ3) is 4.03. The van der Waals surface area contributed by atoms with Crippen molar-refractivity contribution in [2.75, 3.05) is 13.1 Å². The van der Waals surface area contributed by atoms with E-state index in [4.69, 9.17) is 0 Å². The molecule has 2 atom stereocenters. The average Bonchev–Trinajstić information content (AvgIpc) is 2.88. The fraction of sp³-hybridized carbons (Fsp3) is 0.533. The van der Waals surface area contributed by atoms with Crippen LogP contribution >= 0.6 is 0 Å². The predicted molar refractivity (Wildman–Crippen MR) is 77.9 cm³/mol. The molecule has 0 bridgehead atoms. The van der Waals surface area contributed by atoms with E-state index in [2.05, 4.69) is 5.32 Å². The van der Waals surface area contributed by atoms with Crippen LogP contribution in [-0.2, 0) is 17.8 Å². The van der Waals surface area contributed by atoms with Crippen molar-refractivity contribution in [3.8, 4) is 0 Å². The number of rotatable bonds is 5. The average molecular weight is 280 g/mol. The molecule has 1 aliphatic rings. The lowest BCUT2D eigenvalue weighted by Crippen LogP contribution is -2.27. The largest absolute Gasteiger partial charge is 0.481 e. The van der Waals surface area contributed by atoms with E-state index in [1.165, 1.54) is 0 Å². The van der Waals surface area contributed by atoms with E-state index in [1.807, 2.05) is 25.1 Å². The Bertz CT molecular complexity index is 456. The second-order valence-electron chi connectivity index (χ2n) is 5.39. The van der Waals surface area contributed by atoms with Gasteiger partial charge in [0.1, 0.15) is 0 Å². The Morgan fingerprint density at radius 1 is 1.40 bits per heavy atom. The lowest BCUT2D eigenvalue weighted by atomic mass is 9.85. The summed E-state index contributed by atoms with van der Waals surface area (Å²) in [7, 11) is 0. The highest BCUT2D eigenvalue weighted by molar-refractivity contribution is 5.71. The molecule has 0 aromatic heterocycles. The van der Waals surface area contributed by atoms with Gasteiger partial charge in [0.05, 0.1) is 12.5 Å². The zero-order valence-corrected chi connectivity index (χ0v) is 11.9. The number of aliphatic hydroxyl groups excluding tert-OH is 1. The molecular formula is C15H24N2O3. The molecule has 0 unspecified atom stereocenters. The SMILES string of the molecule is Cc1cc(CO)cc(C[C@H](C(=O)O)[C@H]2CCNC2)c1.N. The first-order chi connectivity index (χ1) is 9.10. The summed E-state index contributed by atoms with van der Waals surface area (Å²) in [5.41, 5.74) is 2.92. The topological polar surface area (TPSA) is 105 Å². The number of hydrogen-bond donors (Lipinski definition) is 4. The van der Waals surface area contributed by atoms with Gasteiger partial charge in [-0.1, -0.05) is 23.8 Å². The maximum atomic E-state index is 11.5. The number of carboxylic acids is 1. The number of aliphatic carboxylic acids is 1. The second-order valence-corrected chi connectivity index (χ2v) is 5.39. The first kappa shape index (κ1) is 16.6. The Morgan fingerprint density at radius 3 is 2.65 bits per heavy atom. The van der Waals surface area contributed by atoms with Crippen LogP contribution in [0.4, 0.5) is 0 Å². The molecule has 20 heavy (non-hydrogen) atoms. The second kappa shape index (κ2) is 7.38. The lowest BCUT2D eigenvalue weighted by Gasteiger charge is -2.19. The summed E-state index contributed by atoms with van der Waals surface area (Å²) in [6, 6.07) is 5.85. The molecule has 0 amide bonds. The summed E-state index contributed by atoms with van der Waals surface area (Å²) >= 11 is 0. The van der Waals surface area contributed by atoms with Crippen LogP contribution in [0.1, 0.15) is 23.1 Å². The highest BCUT2D eigenvalue weighted by atomic mass is 16.4. The molecule has 1 aliphatic heterocycles. The fourth-order valence-electron chi connectivity index (χ4n) is 2.89. The van der Waals surface area contributed by atoms with Crippen molar-refractivity contribution in [1.82, 2.24) is 11.5 Å². The van der Waals surface area contributed by atoms with E-state index in [0.717, 1.165) is 36.2 Å². The minimum Gasteiger partial charge on any atom is -0.481 e. The number of benzene rings is 1. The highest BCUT2D eigenvalue weighted by Crippen LogP contribution is 2.24. The highest BCUT2D eigenvalue weighted by Gasteiger charge is 2.30. The number of carbonyl (C=O) groups is 1. The number of hydrogen-bond acceptors (Lipinski definition) is 4. The van der Waals surface area contributed by atoms with Crippen LogP contribution in [0.25, 0.3) is 0 Å². The molecule has 6 N–H and O–H groups in total. The fourth-order valence-corrected chi connectivity index (χ4v) is 2.89. The van der Waals surface area contributed by atoms with E-state index >= 15 is 0 Å². The first-order valence-corrected chi connectivity index (χ1v) is 6.74. The van der Waals surface area contributed by atoms with Crippen LogP contribution in [0, 0.1) is 18.8 Å². The van der Waals surface area contributed by atoms with Gasteiger partial charge in [-0.2, -0.15) is 0 Å². The van der Waals surface area contributed by atoms with Crippen LogP contribution in [0.5, 0.6) is 0 Å². The number of nitrogens with one attached hydrogen (secondary N) is 1. The van der Waals surface area contributed by atoms with E-state index in [-0.39, 0.29) is 24.6 Å². The van der Waals surface area contributed by atoms with Crippen molar-refractivity contribution in [3.63, 3.8) is 0 Å². The maximum Gasteiger partial charge on any atom is 0.307 e. The van der Waals surface area contributed by atoms with E-state index in [0.29, 0.717) is 6.42 Å². The summed E-state index contributed by atoms with van der Waals surface area (Å²) in [6.07, 6.45) is 1.46. The van der Waals surface area contributed by atoms with Crippen molar-refractivity contribution in [2.45, 2.75) is 26.4 Å². The van der Waals surface area contributed by atoms with Crippen LogP contribution in [-0.4, -0.2) is 29.3 Å². The van der Waals surface area contributed by atoms with Gasteiger partial charge in [0.15, 0.2) is 0 Å². The molecule has 0 radical (unpaired) electrons. The van der Waals surface area contributed by atoms with Crippen molar-refractivity contribution >= 4 is 5.97 Å². The molecule has 0 saturated carbocycles. The summed E-state index contributed by atoms with van der Waals surface area (Å²) < 4.78 is 0. The molecule has 1 fully saturated rings. The summed E-state index contributed by atoms with van der Waals surface area (Å²) in [4.78, 5) is 11.5. The van der Waals surface area contributed by atoms with Gasteiger partial charge in [-0.25, -0.2) is 0 Å². The van der Waals surface area contributed by atoms with Gasteiger partial charge in [-0.15, -0.1) is 0 Å². The smallest absolute Gasteiger partial charge is 0.307 e. The van der Waals surface area contributed by atoms with Crippen LogP contribution in [0.15, 0.2) is 18.2 Å². The molecule has 5 heteroatoms. The Kier molecular flexibility index (Phi) is 6.13. The molecule has 112 valence electrons. The number of aryl methyl sites for hydroxylation is 1. The van der Waals surface area contributed by atoms with Gasteiger partial charge in [-0.3, -0.25) is 4.79 Å². The summed E-state index contributed by atoms with van der Waals surface area (Å²) in [5.74, 6) is -0.861. The molecule has 1 aromatic carbocycles. The predicted octanol–water partition coefficient (Wildman–Crippen LogP) is 1.50. The monoisotopic (exact) mass is 280 g/mol.